The molecule has 2 fully saturated rings. The van der Waals surface area contributed by atoms with Crippen LogP contribution in [0.3, 0.4) is 0 Å². The van der Waals surface area contributed by atoms with Gasteiger partial charge < -0.3 is 5.11 Å². The summed E-state index contributed by atoms with van der Waals surface area (Å²) in [7, 11) is 0. The molecule has 1 heterocycles. The van der Waals surface area contributed by atoms with Gasteiger partial charge in [0.1, 0.15) is 0 Å². The molecule has 1 aliphatic carbocycles. The molecule has 0 spiro atoms. The number of aliphatic hydroxyl groups excluding tert-OH is 1. The number of benzene rings is 1. The zero-order valence-corrected chi connectivity index (χ0v) is 13.5. The number of likely N-dealkylation sites (tertiary alicyclic amines) is 1. The summed E-state index contributed by atoms with van der Waals surface area (Å²) in [5.41, 5.74) is 3.59. The van der Waals surface area contributed by atoms with E-state index >= 15 is 0 Å². The van der Waals surface area contributed by atoms with E-state index in [1.165, 1.54) is 56.2 Å². The molecule has 1 aromatic carbocycles. The van der Waals surface area contributed by atoms with E-state index in [9.17, 15) is 5.11 Å². The summed E-state index contributed by atoms with van der Waals surface area (Å²) in [5.74, 6) is 0.888. The summed E-state index contributed by atoms with van der Waals surface area (Å²) in [5, 5.41) is 10.7. The molecule has 21 heavy (non-hydrogen) atoms. The largest absolute Gasteiger partial charge is 0.387 e. The molecule has 3 unspecified atom stereocenters. The first-order chi connectivity index (χ1) is 10.1. The van der Waals surface area contributed by atoms with Crippen LogP contribution in [-0.4, -0.2) is 29.1 Å². The fourth-order valence-electron chi connectivity index (χ4n) is 4.48. The van der Waals surface area contributed by atoms with Crippen LogP contribution in [-0.2, 0) is 0 Å². The highest BCUT2D eigenvalue weighted by Gasteiger charge is 2.33. The van der Waals surface area contributed by atoms with Crippen LogP contribution in [0.15, 0.2) is 18.2 Å². The van der Waals surface area contributed by atoms with Crippen LogP contribution in [0, 0.1) is 19.8 Å². The van der Waals surface area contributed by atoms with Gasteiger partial charge in [0.2, 0.25) is 0 Å². The van der Waals surface area contributed by atoms with Crippen LogP contribution in [0.5, 0.6) is 0 Å². The highest BCUT2D eigenvalue weighted by Crippen LogP contribution is 2.36. The van der Waals surface area contributed by atoms with Gasteiger partial charge in [-0.3, -0.25) is 4.90 Å². The zero-order chi connectivity index (χ0) is 14.8. The maximum absolute atomic E-state index is 10.7. The Balaban J connectivity index is 1.69. The molecule has 116 valence electrons. The third-order valence-electron chi connectivity index (χ3n) is 5.39. The quantitative estimate of drug-likeness (QED) is 0.908. The fourth-order valence-corrected chi connectivity index (χ4v) is 4.48. The first-order valence-corrected chi connectivity index (χ1v) is 8.64. The topological polar surface area (TPSA) is 23.5 Å². The van der Waals surface area contributed by atoms with Crippen molar-refractivity contribution in [2.75, 3.05) is 13.1 Å². The Hall–Kier alpha value is -0.860. The highest BCUT2D eigenvalue weighted by atomic mass is 16.3. The van der Waals surface area contributed by atoms with Crippen molar-refractivity contribution in [3.63, 3.8) is 0 Å². The first kappa shape index (κ1) is 15.1. The Labute approximate surface area is 129 Å². The van der Waals surface area contributed by atoms with E-state index in [4.69, 9.17) is 0 Å². The van der Waals surface area contributed by atoms with E-state index in [1.807, 2.05) is 0 Å². The summed E-state index contributed by atoms with van der Waals surface area (Å²) in [6.07, 6.45) is 7.89. The lowest BCUT2D eigenvalue weighted by Crippen LogP contribution is -2.48. The van der Waals surface area contributed by atoms with Crippen molar-refractivity contribution < 1.29 is 5.11 Å². The lowest BCUT2D eigenvalue weighted by molar-refractivity contribution is 0.0205. The second-order valence-corrected chi connectivity index (χ2v) is 7.19. The maximum atomic E-state index is 10.7. The Morgan fingerprint density at radius 2 is 1.71 bits per heavy atom. The number of β-amino-alcohol motifs (C(OH)–C–C–N with tert-alkyl or cyclic N) is 1. The Kier molecular flexibility index (Phi) is 4.66. The lowest BCUT2D eigenvalue weighted by atomic mass is 9.78. The van der Waals surface area contributed by atoms with Crippen LogP contribution < -0.4 is 0 Å². The van der Waals surface area contributed by atoms with Crippen molar-refractivity contribution in [2.45, 2.75) is 64.5 Å². The lowest BCUT2D eigenvalue weighted by Gasteiger charge is -2.44. The predicted molar refractivity (Wildman–Crippen MR) is 87.4 cm³/mol. The van der Waals surface area contributed by atoms with Gasteiger partial charge in [-0.25, -0.2) is 0 Å². The second kappa shape index (κ2) is 6.50. The number of rotatable bonds is 3. The molecule has 3 atom stereocenters. The van der Waals surface area contributed by atoms with Crippen LogP contribution in [0.4, 0.5) is 0 Å². The molecule has 0 bridgehead atoms. The molecule has 1 aliphatic heterocycles. The van der Waals surface area contributed by atoms with Crippen LogP contribution >= 0.6 is 0 Å². The number of aryl methyl sites for hydroxylation is 2. The fraction of sp³-hybridized carbons (Fsp3) is 0.684. The third-order valence-corrected chi connectivity index (χ3v) is 5.39. The van der Waals surface area contributed by atoms with Gasteiger partial charge >= 0.3 is 0 Å². The predicted octanol–water partition coefficient (Wildman–Crippen LogP) is 3.99. The summed E-state index contributed by atoms with van der Waals surface area (Å²) in [6.45, 7) is 6.20. The van der Waals surface area contributed by atoms with Gasteiger partial charge in [0.15, 0.2) is 0 Å². The molecule has 0 radical (unpaired) electrons. The molecule has 1 aromatic rings. The Morgan fingerprint density at radius 1 is 1.05 bits per heavy atom. The van der Waals surface area contributed by atoms with Gasteiger partial charge in [0.25, 0.3) is 0 Å². The van der Waals surface area contributed by atoms with Gasteiger partial charge in [0, 0.05) is 12.6 Å². The average molecular weight is 287 g/mol. The maximum Gasteiger partial charge on any atom is 0.0917 e. The molecule has 1 saturated carbocycles. The standard InChI is InChI=1S/C19H29NO/c1-14-10-15(2)12-17(11-14)19(21)13-20-9-5-7-16-6-3-4-8-18(16)20/h10-12,16,18-19,21H,3-9,13H2,1-2H3. The molecular formula is C19H29NO. The highest BCUT2D eigenvalue weighted by molar-refractivity contribution is 5.30. The van der Waals surface area contributed by atoms with Crippen molar-refractivity contribution in [1.29, 1.82) is 0 Å². The normalized spacial score (nSPS) is 28.1. The summed E-state index contributed by atoms with van der Waals surface area (Å²) in [6, 6.07) is 7.18. The molecule has 2 aliphatic rings. The van der Waals surface area contributed by atoms with E-state index in [0.717, 1.165) is 24.1 Å². The van der Waals surface area contributed by atoms with E-state index in [2.05, 4.69) is 36.9 Å². The Morgan fingerprint density at radius 3 is 2.48 bits per heavy atom. The minimum atomic E-state index is -0.343. The summed E-state index contributed by atoms with van der Waals surface area (Å²) in [4.78, 5) is 2.58. The van der Waals surface area contributed by atoms with Crippen molar-refractivity contribution in [3.8, 4) is 0 Å². The van der Waals surface area contributed by atoms with Crippen LogP contribution in [0.25, 0.3) is 0 Å². The Bertz CT molecular complexity index is 462. The molecule has 2 nitrogen and oxygen atoms in total. The summed E-state index contributed by atoms with van der Waals surface area (Å²) >= 11 is 0. The van der Waals surface area contributed by atoms with Gasteiger partial charge in [-0.05, 0) is 57.6 Å². The van der Waals surface area contributed by atoms with Gasteiger partial charge in [-0.1, -0.05) is 42.2 Å². The molecule has 0 aromatic heterocycles. The number of hydrogen-bond acceptors (Lipinski definition) is 2. The number of fused-ring (bicyclic) bond motifs is 1. The third kappa shape index (κ3) is 3.49. The molecule has 2 heteroatoms. The number of aliphatic hydroxyl groups is 1. The number of hydrogen-bond donors (Lipinski definition) is 1. The number of piperidine rings is 1. The van der Waals surface area contributed by atoms with E-state index in [0.29, 0.717) is 0 Å². The number of nitrogens with zero attached hydrogens (tertiary/aromatic N) is 1. The van der Waals surface area contributed by atoms with Crippen LogP contribution in [0.1, 0.15) is 61.3 Å². The van der Waals surface area contributed by atoms with Crippen molar-refractivity contribution in [1.82, 2.24) is 4.90 Å². The smallest absolute Gasteiger partial charge is 0.0917 e. The van der Waals surface area contributed by atoms with Crippen molar-refractivity contribution in [2.24, 2.45) is 5.92 Å². The van der Waals surface area contributed by atoms with Crippen molar-refractivity contribution >= 4 is 0 Å². The molecule has 1 saturated heterocycles. The van der Waals surface area contributed by atoms with E-state index in [-0.39, 0.29) is 6.10 Å². The second-order valence-electron chi connectivity index (χ2n) is 7.19. The van der Waals surface area contributed by atoms with E-state index < -0.39 is 0 Å². The molecule has 0 amide bonds. The molecular weight excluding hydrogens is 258 g/mol. The van der Waals surface area contributed by atoms with E-state index in [1.54, 1.807) is 0 Å². The monoisotopic (exact) mass is 287 g/mol. The van der Waals surface area contributed by atoms with Gasteiger partial charge in [-0.15, -0.1) is 0 Å². The molecule has 3 rings (SSSR count). The SMILES string of the molecule is Cc1cc(C)cc(C(O)CN2CCCC3CCCCC32)c1. The minimum Gasteiger partial charge on any atom is -0.387 e. The van der Waals surface area contributed by atoms with Crippen LogP contribution in [0.2, 0.25) is 0 Å². The minimum absolute atomic E-state index is 0.343. The summed E-state index contributed by atoms with van der Waals surface area (Å²) < 4.78 is 0. The first-order valence-electron chi connectivity index (χ1n) is 8.64. The zero-order valence-electron chi connectivity index (χ0n) is 13.5. The molecule has 1 N–H and O–H groups in total. The van der Waals surface area contributed by atoms with Gasteiger partial charge in [-0.2, -0.15) is 0 Å². The van der Waals surface area contributed by atoms with Crippen molar-refractivity contribution in [3.05, 3.63) is 34.9 Å². The van der Waals surface area contributed by atoms with Gasteiger partial charge in [0.05, 0.1) is 6.10 Å². The average Bonchev–Trinajstić information content (AvgIpc) is 2.46.